The smallest absolute Gasteiger partial charge is 0.317 e. The molecular formula is C13H15NO4S. The first-order chi connectivity index (χ1) is 9.08. The lowest BCUT2D eigenvalue weighted by atomic mass is 10.0. The Balaban J connectivity index is 2.26. The summed E-state index contributed by atoms with van der Waals surface area (Å²) in [7, 11) is 0. The summed E-state index contributed by atoms with van der Waals surface area (Å²) in [6, 6.07) is 7.64. The van der Waals surface area contributed by atoms with Crippen molar-refractivity contribution in [1.82, 2.24) is 4.90 Å². The molecule has 1 aromatic rings. The van der Waals surface area contributed by atoms with Crippen LogP contribution in [-0.4, -0.2) is 45.9 Å². The van der Waals surface area contributed by atoms with Crippen molar-refractivity contribution < 1.29 is 19.8 Å². The Kier molecular flexibility index (Phi) is 4.44. The fourth-order valence-corrected chi connectivity index (χ4v) is 3.43. The fraction of sp³-hybridized carbons (Fsp3) is 0.385. The van der Waals surface area contributed by atoms with Crippen LogP contribution in [0.25, 0.3) is 0 Å². The standard InChI is InChI=1S/C13H15NO4S/c15-12(16)7-14(8-13(17)18)10-5-6-19-11-4-2-1-3-9(10)11/h1-4,10H,5-8H2,(H,15,16)(H,17,18). The number of carboxylic acid groups (broad SMARTS) is 2. The first-order valence-corrected chi connectivity index (χ1v) is 6.96. The summed E-state index contributed by atoms with van der Waals surface area (Å²) in [5, 5.41) is 17.9. The van der Waals surface area contributed by atoms with Crippen LogP contribution < -0.4 is 0 Å². The zero-order valence-corrected chi connectivity index (χ0v) is 11.1. The van der Waals surface area contributed by atoms with Crippen LogP contribution >= 0.6 is 11.8 Å². The third kappa shape index (κ3) is 3.48. The van der Waals surface area contributed by atoms with Crippen LogP contribution in [0.3, 0.4) is 0 Å². The number of nitrogens with zero attached hydrogens (tertiary/aromatic N) is 1. The number of carboxylic acids is 2. The molecular weight excluding hydrogens is 266 g/mol. The fourth-order valence-electron chi connectivity index (χ4n) is 2.33. The molecule has 102 valence electrons. The van der Waals surface area contributed by atoms with Crippen molar-refractivity contribution in [3.63, 3.8) is 0 Å². The zero-order valence-electron chi connectivity index (χ0n) is 10.3. The largest absolute Gasteiger partial charge is 0.480 e. The van der Waals surface area contributed by atoms with E-state index in [0.717, 1.165) is 22.6 Å². The molecule has 0 bridgehead atoms. The second-order valence-corrected chi connectivity index (χ2v) is 5.52. The highest BCUT2D eigenvalue weighted by Crippen LogP contribution is 2.38. The van der Waals surface area contributed by atoms with Gasteiger partial charge in [-0.2, -0.15) is 0 Å². The molecule has 1 atom stereocenters. The minimum atomic E-state index is -1.00. The molecule has 0 radical (unpaired) electrons. The summed E-state index contributed by atoms with van der Waals surface area (Å²) in [6.45, 7) is -0.508. The van der Waals surface area contributed by atoms with Gasteiger partial charge in [0, 0.05) is 10.9 Å². The molecule has 0 amide bonds. The molecule has 6 heteroatoms. The van der Waals surface area contributed by atoms with Crippen molar-refractivity contribution in [2.24, 2.45) is 0 Å². The van der Waals surface area contributed by atoms with Crippen molar-refractivity contribution in [2.45, 2.75) is 17.4 Å². The first kappa shape index (κ1) is 13.9. The van der Waals surface area contributed by atoms with Crippen LogP contribution in [0.2, 0.25) is 0 Å². The van der Waals surface area contributed by atoms with Gasteiger partial charge in [-0.15, -0.1) is 11.8 Å². The van der Waals surface area contributed by atoms with Crippen molar-refractivity contribution in [1.29, 1.82) is 0 Å². The van der Waals surface area contributed by atoms with Gasteiger partial charge in [-0.1, -0.05) is 18.2 Å². The highest BCUT2D eigenvalue weighted by molar-refractivity contribution is 7.99. The number of hydrogen-bond acceptors (Lipinski definition) is 4. The molecule has 1 aromatic carbocycles. The lowest BCUT2D eigenvalue weighted by molar-refractivity contribution is -0.143. The highest BCUT2D eigenvalue weighted by atomic mass is 32.2. The number of benzene rings is 1. The summed E-state index contributed by atoms with van der Waals surface area (Å²) in [4.78, 5) is 24.4. The predicted octanol–water partition coefficient (Wildman–Crippen LogP) is 1.69. The molecule has 2 rings (SSSR count). The van der Waals surface area contributed by atoms with Crippen LogP contribution in [0.1, 0.15) is 18.0 Å². The molecule has 0 saturated heterocycles. The quantitative estimate of drug-likeness (QED) is 0.855. The number of carbonyl (C=O) groups is 2. The molecule has 2 N–H and O–H groups in total. The van der Waals surface area contributed by atoms with Crippen molar-refractivity contribution in [3.05, 3.63) is 29.8 Å². The number of rotatable bonds is 5. The lowest BCUT2D eigenvalue weighted by Crippen LogP contribution is -2.38. The Morgan fingerprint density at radius 3 is 2.47 bits per heavy atom. The summed E-state index contributed by atoms with van der Waals surface area (Å²) in [5.74, 6) is -1.13. The van der Waals surface area contributed by atoms with Gasteiger partial charge in [0.15, 0.2) is 0 Å². The monoisotopic (exact) mass is 281 g/mol. The molecule has 5 nitrogen and oxygen atoms in total. The van der Waals surface area contributed by atoms with E-state index in [0.29, 0.717) is 0 Å². The van der Waals surface area contributed by atoms with E-state index in [1.807, 2.05) is 24.3 Å². The molecule has 1 aliphatic heterocycles. The number of hydrogen-bond donors (Lipinski definition) is 2. The van der Waals surface area contributed by atoms with Gasteiger partial charge in [0.1, 0.15) is 0 Å². The summed E-state index contributed by atoms with van der Waals surface area (Å²) in [6.07, 6.45) is 0.766. The summed E-state index contributed by atoms with van der Waals surface area (Å²) in [5.41, 5.74) is 1.03. The summed E-state index contributed by atoms with van der Waals surface area (Å²) >= 11 is 1.73. The van der Waals surface area contributed by atoms with Crippen LogP contribution in [0.15, 0.2) is 29.2 Å². The van der Waals surface area contributed by atoms with Crippen molar-refractivity contribution in [3.8, 4) is 0 Å². The average molecular weight is 281 g/mol. The second-order valence-electron chi connectivity index (χ2n) is 4.38. The first-order valence-electron chi connectivity index (χ1n) is 5.97. The van der Waals surface area contributed by atoms with E-state index in [-0.39, 0.29) is 19.1 Å². The van der Waals surface area contributed by atoms with Gasteiger partial charge >= 0.3 is 11.9 Å². The maximum atomic E-state index is 10.9. The van der Waals surface area contributed by atoms with Crippen LogP contribution in [0.4, 0.5) is 0 Å². The molecule has 1 aliphatic rings. The lowest BCUT2D eigenvalue weighted by Gasteiger charge is -2.33. The number of aliphatic carboxylic acids is 2. The third-order valence-corrected chi connectivity index (χ3v) is 4.17. The van der Waals surface area contributed by atoms with Crippen LogP contribution in [0, 0.1) is 0 Å². The summed E-state index contributed by atoms with van der Waals surface area (Å²) < 4.78 is 0. The van der Waals surface area contributed by atoms with Gasteiger partial charge in [0.2, 0.25) is 0 Å². The second kappa shape index (κ2) is 6.08. The molecule has 0 spiro atoms. The predicted molar refractivity (Wildman–Crippen MR) is 71.4 cm³/mol. The zero-order chi connectivity index (χ0) is 13.8. The Morgan fingerprint density at radius 1 is 1.21 bits per heavy atom. The molecule has 0 aliphatic carbocycles. The normalized spacial score (nSPS) is 18.1. The number of fused-ring (bicyclic) bond motifs is 1. The molecule has 19 heavy (non-hydrogen) atoms. The molecule has 0 aromatic heterocycles. The Labute approximate surface area is 115 Å². The van der Waals surface area contributed by atoms with E-state index in [4.69, 9.17) is 10.2 Å². The molecule has 1 unspecified atom stereocenters. The van der Waals surface area contributed by atoms with E-state index in [1.54, 1.807) is 11.8 Å². The highest BCUT2D eigenvalue weighted by Gasteiger charge is 2.28. The Bertz CT molecular complexity index is 475. The van der Waals surface area contributed by atoms with Crippen LogP contribution in [0.5, 0.6) is 0 Å². The molecule has 0 saturated carbocycles. The number of thioether (sulfide) groups is 1. The molecule has 1 heterocycles. The van der Waals surface area contributed by atoms with Gasteiger partial charge in [0.25, 0.3) is 0 Å². The maximum Gasteiger partial charge on any atom is 0.317 e. The third-order valence-electron chi connectivity index (χ3n) is 3.04. The van der Waals surface area contributed by atoms with Gasteiger partial charge in [-0.05, 0) is 23.8 Å². The van der Waals surface area contributed by atoms with E-state index in [1.165, 1.54) is 4.90 Å². The van der Waals surface area contributed by atoms with Gasteiger partial charge in [0.05, 0.1) is 13.1 Å². The Hall–Kier alpha value is -1.53. The average Bonchev–Trinajstić information content (AvgIpc) is 2.36. The van der Waals surface area contributed by atoms with E-state index in [9.17, 15) is 9.59 Å². The SMILES string of the molecule is O=C(O)CN(CC(=O)O)C1CCSc2ccccc21. The van der Waals surface area contributed by atoms with E-state index < -0.39 is 11.9 Å². The van der Waals surface area contributed by atoms with Crippen molar-refractivity contribution in [2.75, 3.05) is 18.8 Å². The van der Waals surface area contributed by atoms with E-state index >= 15 is 0 Å². The van der Waals surface area contributed by atoms with Gasteiger partial charge in [-0.25, -0.2) is 0 Å². The molecule has 0 fully saturated rings. The topological polar surface area (TPSA) is 77.8 Å². The maximum absolute atomic E-state index is 10.9. The minimum Gasteiger partial charge on any atom is -0.480 e. The van der Waals surface area contributed by atoms with Crippen molar-refractivity contribution >= 4 is 23.7 Å². The van der Waals surface area contributed by atoms with E-state index in [2.05, 4.69) is 0 Å². The Morgan fingerprint density at radius 2 is 1.84 bits per heavy atom. The van der Waals surface area contributed by atoms with Gasteiger partial charge < -0.3 is 10.2 Å². The van der Waals surface area contributed by atoms with Gasteiger partial charge in [-0.3, -0.25) is 14.5 Å². The van der Waals surface area contributed by atoms with Crippen LogP contribution in [-0.2, 0) is 9.59 Å². The minimum absolute atomic E-state index is 0.135.